The molecule has 0 aliphatic carbocycles. The summed E-state index contributed by atoms with van der Waals surface area (Å²) >= 11 is 1.59. The highest BCUT2D eigenvalue weighted by Gasteiger charge is 1.95. The molecule has 4 nitrogen and oxygen atoms in total. The molecular weight excluding hydrogens is 196 g/mol. The van der Waals surface area contributed by atoms with Crippen molar-refractivity contribution in [3.8, 4) is 0 Å². The molecule has 3 N–H and O–H groups in total. The Kier molecular flexibility index (Phi) is 2.60. The number of thiazole rings is 1. The van der Waals surface area contributed by atoms with Crippen LogP contribution in [0.4, 0.5) is 11.5 Å². The monoisotopic (exact) mass is 206 g/mol. The number of hydrogen-bond donors (Lipinski definition) is 2. The van der Waals surface area contributed by atoms with E-state index in [1.807, 2.05) is 17.0 Å². The standard InChI is InChI=1S/C9H10N4S/c10-9-2-1-7(3-12-9)11-4-8-5-14-6-13-8/h1-3,5-6,11H,4H2,(H2,10,12). The smallest absolute Gasteiger partial charge is 0.123 e. The van der Waals surface area contributed by atoms with Crippen LogP contribution in [0.3, 0.4) is 0 Å². The van der Waals surface area contributed by atoms with Crippen molar-refractivity contribution >= 4 is 22.8 Å². The minimum absolute atomic E-state index is 0.532. The van der Waals surface area contributed by atoms with E-state index < -0.39 is 0 Å². The van der Waals surface area contributed by atoms with Crippen LogP contribution in [0.25, 0.3) is 0 Å². The molecule has 5 heteroatoms. The maximum atomic E-state index is 5.47. The maximum absolute atomic E-state index is 5.47. The third-order valence-electron chi connectivity index (χ3n) is 1.74. The van der Waals surface area contributed by atoms with Crippen molar-refractivity contribution in [1.29, 1.82) is 0 Å². The second-order valence-electron chi connectivity index (χ2n) is 2.81. The van der Waals surface area contributed by atoms with Gasteiger partial charge in [-0.1, -0.05) is 0 Å². The van der Waals surface area contributed by atoms with Gasteiger partial charge in [-0.3, -0.25) is 0 Å². The Labute approximate surface area is 85.8 Å². The molecule has 0 radical (unpaired) electrons. The topological polar surface area (TPSA) is 63.8 Å². The second-order valence-corrected chi connectivity index (χ2v) is 3.52. The fourth-order valence-electron chi connectivity index (χ4n) is 1.03. The first-order chi connectivity index (χ1) is 6.84. The number of hydrogen-bond acceptors (Lipinski definition) is 5. The van der Waals surface area contributed by atoms with Gasteiger partial charge >= 0.3 is 0 Å². The number of rotatable bonds is 3. The lowest BCUT2D eigenvalue weighted by molar-refractivity contribution is 1.07. The summed E-state index contributed by atoms with van der Waals surface area (Å²) in [5.41, 5.74) is 9.27. The average molecular weight is 206 g/mol. The molecule has 2 heterocycles. The second kappa shape index (κ2) is 4.06. The molecule has 2 aromatic heterocycles. The first-order valence-corrected chi connectivity index (χ1v) is 5.11. The van der Waals surface area contributed by atoms with Crippen molar-refractivity contribution in [2.75, 3.05) is 11.1 Å². The van der Waals surface area contributed by atoms with E-state index in [1.165, 1.54) is 0 Å². The molecule has 0 aliphatic rings. The van der Waals surface area contributed by atoms with Crippen LogP contribution in [0.5, 0.6) is 0 Å². The number of nitrogen functional groups attached to an aromatic ring is 1. The number of nitrogens with one attached hydrogen (secondary N) is 1. The van der Waals surface area contributed by atoms with Crippen LogP contribution in [-0.4, -0.2) is 9.97 Å². The van der Waals surface area contributed by atoms with Gasteiger partial charge in [0, 0.05) is 5.38 Å². The first-order valence-electron chi connectivity index (χ1n) is 4.17. The molecule has 0 saturated heterocycles. The summed E-state index contributed by atoms with van der Waals surface area (Å²) in [5, 5.41) is 5.21. The lowest BCUT2D eigenvalue weighted by atomic mass is 10.4. The van der Waals surface area contributed by atoms with Crippen LogP contribution in [0.2, 0.25) is 0 Å². The third kappa shape index (κ3) is 2.20. The first kappa shape index (κ1) is 8.96. The van der Waals surface area contributed by atoms with E-state index >= 15 is 0 Å². The van der Waals surface area contributed by atoms with Gasteiger partial charge in [0.2, 0.25) is 0 Å². The summed E-state index contributed by atoms with van der Waals surface area (Å²) < 4.78 is 0. The van der Waals surface area contributed by atoms with Gasteiger partial charge < -0.3 is 11.1 Å². The van der Waals surface area contributed by atoms with Crippen molar-refractivity contribution in [2.45, 2.75) is 6.54 Å². The van der Waals surface area contributed by atoms with Crippen LogP contribution in [0, 0.1) is 0 Å². The summed E-state index contributed by atoms with van der Waals surface area (Å²) in [6, 6.07) is 3.66. The Hall–Kier alpha value is -1.62. The van der Waals surface area contributed by atoms with Crippen LogP contribution in [0.1, 0.15) is 5.69 Å². The molecule has 0 amide bonds. The molecule has 0 saturated carbocycles. The molecule has 0 spiro atoms. The van der Waals surface area contributed by atoms with Crippen molar-refractivity contribution < 1.29 is 0 Å². The van der Waals surface area contributed by atoms with E-state index in [9.17, 15) is 0 Å². The number of nitrogens with two attached hydrogens (primary N) is 1. The SMILES string of the molecule is Nc1ccc(NCc2cscn2)cn1. The van der Waals surface area contributed by atoms with Crippen molar-refractivity contribution in [2.24, 2.45) is 0 Å². The molecule has 72 valence electrons. The van der Waals surface area contributed by atoms with E-state index in [2.05, 4.69) is 15.3 Å². The minimum Gasteiger partial charge on any atom is -0.384 e. The Morgan fingerprint density at radius 2 is 2.29 bits per heavy atom. The normalized spacial score (nSPS) is 10.0. The summed E-state index contributed by atoms with van der Waals surface area (Å²) in [4.78, 5) is 8.14. The molecular formula is C9H10N4S. The summed E-state index contributed by atoms with van der Waals surface area (Å²) in [5.74, 6) is 0.532. The number of nitrogens with zero attached hydrogens (tertiary/aromatic N) is 2. The Balaban J connectivity index is 1.95. The summed E-state index contributed by atoms with van der Waals surface area (Å²) in [6.45, 7) is 0.717. The molecule has 2 aromatic rings. The van der Waals surface area contributed by atoms with Crippen LogP contribution < -0.4 is 11.1 Å². The zero-order valence-corrected chi connectivity index (χ0v) is 8.29. The van der Waals surface area contributed by atoms with E-state index in [4.69, 9.17) is 5.73 Å². The van der Waals surface area contributed by atoms with Crippen LogP contribution >= 0.6 is 11.3 Å². The molecule has 2 rings (SSSR count). The fraction of sp³-hybridized carbons (Fsp3) is 0.111. The van der Waals surface area contributed by atoms with Gasteiger partial charge in [0.1, 0.15) is 5.82 Å². The Bertz CT molecular complexity index is 382. The largest absolute Gasteiger partial charge is 0.384 e. The third-order valence-corrected chi connectivity index (χ3v) is 2.38. The highest BCUT2D eigenvalue weighted by Crippen LogP contribution is 2.09. The fourth-order valence-corrected chi connectivity index (χ4v) is 1.59. The van der Waals surface area contributed by atoms with E-state index in [0.717, 1.165) is 17.9 Å². The summed E-state index contributed by atoms with van der Waals surface area (Å²) in [6.07, 6.45) is 1.71. The zero-order chi connectivity index (χ0) is 9.80. The molecule has 0 aromatic carbocycles. The van der Waals surface area contributed by atoms with E-state index in [1.54, 1.807) is 23.6 Å². The maximum Gasteiger partial charge on any atom is 0.123 e. The number of aromatic nitrogens is 2. The number of pyridine rings is 1. The zero-order valence-electron chi connectivity index (χ0n) is 7.47. The average Bonchev–Trinajstić information content (AvgIpc) is 2.70. The Morgan fingerprint density at radius 1 is 1.36 bits per heavy atom. The molecule has 0 unspecified atom stereocenters. The predicted octanol–water partition coefficient (Wildman–Crippen LogP) is 1.73. The lowest BCUT2D eigenvalue weighted by Gasteiger charge is -2.03. The van der Waals surface area contributed by atoms with Gasteiger partial charge in [0.25, 0.3) is 0 Å². The molecule has 14 heavy (non-hydrogen) atoms. The Morgan fingerprint density at radius 3 is 2.93 bits per heavy atom. The van der Waals surface area contributed by atoms with Crippen molar-refractivity contribution in [1.82, 2.24) is 9.97 Å². The molecule has 0 atom stereocenters. The van der Waals surface area contributed by atoms with Gasteiger partial charge in [-0.25, -0.2) is 9.97 Å². The number of anilines is 2. The van der Waals surface area contributed by atoms with Crippen LogP contribution in [-0.2, 0) is 6.54 Å². The molecule has 0 fully saturated rings. The van der Waals surface area contributed by atoms with Gasteiger partial charge in [0.15, 0.2) is 0 Å². The molecule has 0 aliphatic heterocycles. The van der Waals surface area contributed by atoms with Gasteiger partial charge in [0.05, 0.1) is 29.6 Å². The van der Waals surface area contributed by atoms with E-state index in [-0.39, 0.29) is 0 Å². The minimum atomic E-state index is 0.532. The summed E-state index contributed by atoms with van der Waals surface area (Å²) in [7, 11) is 0. The quantitative estimate of drug-likeness (QED) is 0.802. The van der Waals surface area contributed by atoms with Gasteiger partial charge in [-0.15, -0.1) is 11.3 Å². The lowest BCUT2D eigenvalue weighted by Crippen LogP contribution is -2.00. The highest BCUT2D eigenvalue weighted by atomic mass is 32.1. The van der Waals surface area contributed by atoms with Crippen molar-refractivity contribution in [3.63, 3.8) is 0 Å². The van der Waals surface area contributed by atoms with E-state index in [0.29, 0.717) is 5.82 Å². The van der Waals surface area contributed by atoms with Gasteiger partial charge in [-0.05, 0) is 12.1 Å². The van der Waals surface area contributed by atoms with Gasteiger partial charge in [-0.2, -0.15) is 0 Å². The molecule has 0 bridgehead atoms. The highest BCUT2D eigenvalue weighted by molar-refractivity contribution is 7.07. The van der Waals surface area contributed by atoms with Crippen molar-refractivity contribution in [3.05, 3.63) is 34.9 Å². The predicted molar refractivity (Wildman–Crippen MR) is 58.1 cm³/mol. The van der Waals surface area contributed by atoms with Crippen LogP contribution in [0.15, 0.2) is 29.2 Å².